The lowest BCUT2D eigenvalue weighted by atomic mass is 9.93. The first-order valence-corrected chi connectivity index (χ1v) is 7.54. The summed E-state index contributed by atoms with van der Waals surface area (Å²) in [6.45, 7) is 0.568. The molecule has 1 atom stereocenters. The Morgan fingerprint density at radius 1 is 0.900 bits per heavy atom. The molecule has 0 radical (unpaired) electrons. The van der Waals surface area contributed by atoms with Crippen LogP contribution in [0.3, 0.4) is 0 Å². The molecule has 15 heteroatoms. The van der Waals surface area contributed by atoms with Crippen LogP contribution in [0.2, 0.25) is 0 Å². The van der Waals surface area contributed by atoms with Crippen LogP contribution in [-0.2, 0) is 19.9 Å². The van der Waals surface area contributed by atoms with Crippen LogP contribution in [0.4, 0.5) is 49.6 Å². The molecule has 0 heterocycles. The summed E-state index contributed by atoms with van der Waals surface area (Å²) in [7, 11) is 0. The Morgan fingerprint density at radius 2 is 1.37 bits per heavy atom. The van der Waals surface area contributed by atoms with Gasteiger partial charge in [0.05, 0.1) is 6.61 Å². The van der Waals surface area contributed by atoms with E-state index in [1.807, 2.05) is 0 Å². The Bertz CT molecular complexity index is 788. The SMILES string of the molecule is CCOC(=O)C(O)(c1ccc(NC(=O)C(F)(F)C(F)(F)C(F)(F)F)cc1)C(F)(F)F. The Hall–Kier alpha value is -2.58. The molecule has 0 spiro atoms. The molecule has 0 saturated heterocycles. The minimum atomic E-state index is -6.78. The maximum Gasteiger partial charge on any atom is 0.460 e. The van der Waals surface area contributed by atoms with Gasteiger partial charge in [-0.3, -0.25) is 4.79 Å². The molecule has 30 heavy (non-hydrogen) atoms. The monoisotopic (exact) mass is 459 g/mol. The number of anilines is 1. The zero-order valence-electron chi connectivity index (χ0n) is 14.5. The quantitative estimate of drug-likeness (QED) is 0.502. The van der Waals surface area contributed by atoms with Crippen molar-refractivity contribution in [1.29, 1.82) is 0 Å². The number of ether oxygens (including phenoxy) is 1. The zero-order valence-corrected chi connectivity index (χ0v) is 14.5. The van der Waals surface area contributed by atoms with Crippen LogP contribution >= 0.6 is 0 Å². The highest BCUT2D eigenvalue weighted by Crippen LogP contribution is 2.47. The van der Waals surface area contributed by atoms with Gasteiger partial charge in [-0.25, -0.2) is 4.79 Å². The van der Waals surface area contributed by atoms with Crippen molar-refractivity contribution < 1.29 is 63.3 Å². The van der Waals surface area contributed by atoms with Gasteiger partial charge in [-0.1, -0.05) is 12.1 Å². The number of alkyl halides is 10. The standard InChI is InChI=1S/C15H11F10NO4/c1-2-30-10(28)11(29,14(20,21)22)7-3-5-8(6-4-7)26-9(27)12(16,17)13(18,19)15(23,24)25/h3-6,29H,2H2,1H3,(H,26,27). The number of esters is 1. The topological polar surface area (TPSA) is 75.6 Å². The van der Waals surface area contributed by atoms with E-state index >= 15 is 0 Å². The van der Waals surface area contributed by atoms with Crippen LogP contribution in [-0.4, -0.2) is 47.8 Å². The summed E-state index contributed by atoms with van der Waals surface area (Å²) in [5, 5.41) is 10.8. The number of hydrogen-bond acceptors (Lipinski definition) is 4. The first kappa shape index (κ1) is 25.5. The third-order valence-corrected chi connectivity index (χ3v) is 3.58. The highest BCUT2D eigenvalue weighted by Gasteiger charge is 2.76. The van der Waals surface area contributed by atoms with Gasteiger partial charge < -0.3 is 15.2 Å². The van der Waals surface area contributed by atoms with Gasteiger partial charge in [0.25, 0.3) is 5.60 Å². The second-order valence-corrected chi connectivity index (χ2v) is 5.61. The molecule has 0 aromatic heterocycles. The second kappa shape index (κ2) is 7.92. The third-order valence-electron chi connectivity index (χ3n) is 3.58. The normalized spacial score (nSPS) is 15.3. The average Bonchev–Trinajstić information content (AvgIpc) is 2.59. The molecule has 170 valence electrons. The second-order valence-electron chi connectivity index (χ2n) is 5.61. The van der Waals surface area contributed by atoms with Gasteiger partial charge >= 0.3 is 36.1 Å². The highest BCUT2D eigenvalue weighted by atomic mass is 19.4. The molecule has 5 nitrogen and oxygen atoms in total. The lowest BCUT2D eigenvalue weighted by Gasteiger charge is -2.29. The summed E-state index contributed by atoms with van der Waals surface area (Å²) < 4.78 is 132. The fraction of sp³-hybridized carbons (Fsp3) is 0.467. The number of aliphatic hydroxyl groups is 1. The number of carbonyl (C=O) groups is 2. The molecule has 0 aliphatic heterocycles. The first-order chi connectivity index (χ1) is 13.3. The molecule has 0 saturated carbocycles. The molecule has 0 bridgehead atoms. The summed E-state index contributed by atoms with van der Waals surface area (Å²) in [5.74, 6) is -18.3. The lowest BCUT2D eigenvalue weighted by molar-refractivity contribution is -0.343. The maximum absolute atomic E-state index is 13.3. The molecule has 1 unspecified atom stereocenters. The minimum Gasteiger partial charge on any atom is -0.463 e. The molecule has 0 aliphatic carbocycles. The van der Waals surface area contributed by atoms with Crippen molar-refractivity contribution in [2.45, 2.75) is 36.7 Å². The van der Waals surface area contributed by atoms with E-state index in [2.05, 4.69) is 4.74 Å². The van der Waals surface area contributed by atoms with Crippen molar-refractivity contribution in [2.24, 2.45) is 0 Å². The van der Waals surface area contributed by atoms with Crippen molar-refractivity contribution in [2.75, 3.05) is 11.9 Å². The number of amides is 1. The van der Waals surface area contributed by atoms with Crippen molar-refractivity contribution in [3.05, 3.63) is 29.8 Å². The summed E-state index contributed by atoms with van der Waals surface area (Å²) in [6, 6.07) is 1.29. The number of benzene rings is 1. The van der Waals surface area contributed by atoms with E-state index in [1.165, 1.54) is 0 Å². The first-order valence-electron chi connectivity index (χ1n) is 7.54. The van der Waals surface area contributed by atoms with Crippen molar-refractivity contribution >= 4 is 17.6 Å². The predicted molar refractivity (Wildman–Crippen MR) is 77.6 cm³/mol. The van der Waals surface area contributed by atoms with Gasteiger partial charge in [-0.05, 0) is 19.1 Å². The van der Waals surface area contributed by atoms with Crippen LogP contribution < -0.4 is 5.32 Å². The van der Waals surface area contributed by atoms with E-state index < -0.39 is 59.5 Å². The van der Waals surface area contributed by atoms with E-state index in [-0.39, 0.29) is 0 Å². The average molecular weight is 459 g/mol. The molecule has 1 aromatic carbocycles. The predicted octanol–water partition coefficient (Wildman–Crippen LogP) is 3.77. The highest BCUT2D eigenvalue weighted by molar-refractivity contribution is 5.97. The van der Waals surface area contributed by atoms with Gasteiger partial charge in [0.15, 0.2) is 0 Å². The summed E-state index contributed by atoms with van der Waals surface area (Å²) in [5.41, 5.74) is -6.35. The Balaban J connectivity index is 3.21. The number of nitrogens with one attached hydrogen (secondary N) is 1. The fourth-order valence-corrected chi connectivity index (χ4v) is 1.96. The molecular weight excluding hydrogens is 448 g/mol. The zero-order chi connectivity index (χ0) is 23.8. The van der Waals surface area contributed by atoms with Crippen molar-refractivity contribution in [3.8, 4) is 0 Å². The molecule has 0 fully saturated rings. The van der Waals surface area contributed by atoms with Crippen molar-refractivity contribution in [3.63, 3.8) is 0 Å². The van der Waals surface area contributed by atoms with Gasteiger partial charge in [0.2, 0.25) is 0 Å². The lowest BCUT2D eigenvalue weighted by Crippen LogP contribution is -2.57. The maximum atomic E-state index is 13.3. The van der Waals surface area contributed by atoms with Crippen LogP contribution in [0, 0.1) is 0 Å². The van der Waals surface area contributed by atoms with Crippen LogP contribution in [0.1, 0.15) is 12.5 Å². The Morgan fingerprint density at radius 3 is 1.73 bits per heavy atom. The molecule has 1 amide bonds. The molecule has 2 N–H and O–H groups in total. The number of carbonyl (C=O) groups excluding carboxylic acids is 2. The van der Waals surface area contributed by atoms with Crippen LogP contribution in [0.25, 0.3) is 0 Å². The molecule has 0 aliphatic rings. The van der Waals surface area contributed by atoms with E-state index in [0.29, 0.717) is 24.3 Å². The van der Waals surface area contributed by atoms with Crippen molar-refractivity contribution in [1.82, 2.24) is 0 Å². The largest absolute Gasteiger partial charge is 0.463 e. The fourth-order valence-electron chi connectivity index (χ4n) is 1.96. The van der Waals surface area contributed by atoms with E-state index in [9.17, 15) is 58.6 Å². The summed E-state index contributed by atoms with van der Waals surface area (Å²) >= 11 is 0. The Kier molecular flexibility index (Phi) is 6.72. The van der Waals surface area contributed by atoms with Gasteiger partial charge in [0, 0.05) is 11.3 Å². The van der Waals surface area contributed by atoms with E-state index in [4.69, 9.17) is 0 Å². The van der Waals surface area contributed by atoms with Gasteiger partial charge in [-0.2, -0.15) is 43.9 Å². The third kappa shape index (κ3) is 4.29. The van der Waals surface area contributed by atoms with Crippen LogP contribution in [0.15, 0.2) is 24.3 Å². The van der Waals surface area contributed by atoms with Gasteiger partial charge in [-0.15, -0.1) is 0 Å². The smallest absolute Gasteiger partial charge is 0.460 e. The number of hydrogen-bond donors (Lipinski definition) is 2. The number of rotatable bonds is 6. The van der Waals surface area contributed by atoms with E-state index in [0.717, 1.165) is 12.2 Å². The van der Waals surface area contributed by atoms with Gasteiger partial charge in [0.1, 0.15) is 0 Å². The Labute approximate surface area is 160 Å². The van der Waals surface area contributed by atoms with Crippen LogP contribution in [0.5, 0.6) is 0 Å². The summed E-state index contributed by atoms with van der Waals surface area (Å²) in [6.07, 6.45) is -12.4. The summed E-state index contributed by atoms with van der Waals surface area (Å²) in [4.78, 5) is 22.8. The minimum absolute atomic E-state index is 0.292. The molecular formula is C15H11F10NO4. The van der Waals surface area contributed by atoms with E-state index in [1.54, 1.807) is 0 Å². The number of halogens is 10. The molecule has 1 aromatic rings. The molecule has 1 rings (SSSR count).